The summed E-state index contributed by atoms with van der Waals surface area (Å²) >= 11 is 0. The Hall–Kier alpha value is -7.50. The van der Waals surface area contributed by atoms with Gasteiger partial charge in [-0.25, -0.2) is 9.97 Å². The highest BCUT2D eigenvalue weighted by Gasteiger charge is 2.48. The van der Waals surface area contributed by atoms with Crippen molar-refractivity contribution in [3.63, 3.8) is 0 Å². The average Bonchev–Trinajstić information content (AvgIpc) is 3.42. The molecule has 262 valence electrons. The van der Waals surface area contributed by atoms with Crippen molar-refractivity contribution in [1.29, 1.82) is 0 Å². The number of nitrogens with zero attached hydrogens (tertiary/aromatic N) is 4. The van der Waals surface area contributed by atoms with Gasteiger partial charge in [-0.2, -0.15) is 0 Å². The van der Waals surface area contributed by atoms with Crippen LogP contribution in [-0.4, -0.2) is 19.9 Å². The van der Waals surface area contributed by atoms with Gasteiger partial charge in [-0.15, -0.1) is 0 Å². The Bertz CT molecular complexity index is 3000. The monoisotopic (exact) mass is 716 g/mol. The third kappa shape index (κ3) is 5.02. The van der Waals surface area contributed by atoms with Gasteiger partial charge in [-0.05, 0) is 70.1 Å². The van der Waals surface area contributed by atoms with Gasteiger partial charge in [0.25, 0.3) is 0 Å². The van der Waals surface area contributed by atoms with Crippen LogP contribution in [0.25, 0.3) is 68.1 Å². The van der Waals surface area contributed by atoms with Gasteiger partial charge in [-0.3, -0.25) is 9.97 Å². The molecule has 5 nitrogen and oxygen atoms in total. The van der Waals surface area contributed by atoms with Gasteiger partial charge in [0, 0.05) is 57.4 Å². The third-order valence-corrected chi connectivity index (χ3v) is 11.1. The molecule has 1 aliphatic heterocycles. The second-order valence-corrected chi connectivity index (χ2v) is 14.2. The SMILES string of the molecule is C1=Cc2ccc(-c3cc(-c4ccccc4)nc(-c4ccc(-c5cccnc5)nc4)n3)cc2C2(c3ccccc31)c1ccccc1Oc1c2ccc2ccccc12. The molecular formula is C51H32N4O. The molecule has 0 radical (unpaired) electrons. The average molecular weight is 717 g/mol. The summed E-state index contributed by atoms with van der Waals surface area (Å²) in [6.45, 7) is 0. The lowest BCUT2D eigenvalue weighted by molar-refractivity contribution is 0.439. The second-order valence-electron chi connectivity index (χ2n) is 14.2. The topological polar surface area (TPSA) is 60.8 Å². The van der Waals surface area contributed by atoms with E-state index in [2.05, 4.69) is 138 Å². The van der Waals surface area contributed by atoms with Crippen LogP contribution in [0.15, 0.2) is 182 Å². The minimum Gasteiger partial charge on any atom is -0.456 e. The Morgan fingerprint density at radius 3 is 2.02 bits per heavy atom. The summed E-state index contributed by atoms with van der Waals surface area (Å²) in [7, 11) is 0. The number of ether oxygens (including phenoxy) is 1. The van der Waals surface area contributed by atoms with Crippen LogP contribution >= 0.6 is 0 Å². The fraction of sp³-hybridized carbons (Fsp3) is 0.0196. The van der Waals surface area contributed by atoms with Crippen LogP contribution in [-0.2, 0) is 5.41 Å². The highest BCUT2D eigenvalue weighted by molar-refractivity contribution is 5.94. The number of rotatable bonds is 4. The largest absolute Gasteiger partial charge is 0.456 e. The number of para-hydroxylation sites is 1. The van der Waals surface area contributed by atoms with E-state index >= 15 is 0 Å². The van der Waals surface area contributed by atoms with Crippen LogP contribution in [0.1, 0.15) is 33.4 Å². The number of pyridine rings is 2. The summed E-state index contributed by atoms with van der Waals surface area (Å²) in [5.41, 5.74) is 12.5. The standard InChI is InChI=1S/C51H32N4O/c1-2-13-36(14-3-1)46-30-47(55-50(54-46)39-25-27-45(53-32-39)38-15-10-28-52-31-38)37-23-22-35-21-20-34-12-5-7-17-41(34)51(44(35)29-37)42-18-8-9-19-48(42)56-49-40-16-6-4-11-33(40)24-26-43(49)51/h1-32H. The zero-order valence-corrected chi connectivity index (χ0v) is 30.2. The molecule has 1 unspecified atom stereocenters. The first-order valence-corrected chi connectivity index (χ1v) is 18.8. The van der Waals surface area contributed by atoms with Crippen LogP contribution in [0.2, 0.25) is 0 Å². The summed E-state index contributed by atoms with van der Waals surface area (Å²) in [6, 6.07) is 57.4. The first-order chi connectivity index (χ1) is 27.7. The fourth-order valence-corrected chi connectivity index (χ4v) is 8.54. The van der Waals surface area contributed by atoms with Crippen molar-refractivity contribution in [3.8, 4) is 56.7 Å². The summed E-state index contributed by atoms with van der Waals surface area (Å²) in [5.74, 6) is 2.34. The minimum absolute atomic E-state index is 0.606. The predicted octanol–water partition coefficient (Wildman–Crippen LogP) is 12.1. The Balaban J connectivity index is 1.17. The predicted molar refractivity (Wildman–Crippen MR) is 224 cm³/mol. The maximum Gasteiger partial charge on any atom is 0.161 e. The molecule has 9 aromatic rings. The van der Waals surface area contributed by atoms with E-state index in [1.54, 1.807) is 6.20 Å². The number of hydrogen-bond acceptors (Lipinski definition) is 5. The molecule has 0 N–H and O–H groups in total. The van der Waals surface area contributed by atoms with Gasteiger partial charge >= 0.3 is 0 Å². The van der Waals surface area contributed by atoms with Crippen molar-refractivity contribution in [2.45, 2.75) is 5.41 Å². The first kappa shape index (κ1) is 32.0. The molecule has 0 amide bonds. The van der Waals surface area contributed by atoms with Crippen LogP contribution in [0.3, 0.4) is 0 Å². The lowest BCUT2D eigenvalue weighted by Crippen LogP contribution is -2.35. The summed E-state index contributed by atoms with van der Waals surface area (Å²) in [6.07, 6.45) is 9.94. The number of hydrogen-bond donors (Lipinski definition) is 0. The minimum atomic E-state index is -0.705. The van der Waals surface area contributed by atoms with Gasteiger partial charge in [0.1, 0.15) is 11.5 Å². The zero-order chi connectivity index (χ0) is 37.1. The Morgan fingerprint density at radius 1 is 0.446 bits per heavy atom. The molecule has 1 aliphatic carbocycles. The van der Waals surface area contributed by atoms with E-state index in [0.717, 1.165) is 83.9 Å². The molecule has 0 bridgehead atoms. The maximum atomic E-state index is 6.92. The van der Waals surface area contributed by atoms with Gasteiger partial charge in [0.05, 0.1) is 22.5 Å². The smallest absolute Gasteiger partial charge is 0.161 e. The number of aromatic nitrogens is 4. The molecule has 11 rings (SSSR count). The Morgan fingerprint density at radius 2 is 1.18 bits per heavy atom. The Labute approximate surface area is 324 Å². The van der Waals surface area contributed by atoms with Gasteiger partial charge in [0.15, 0.2) is 5.82 Å². The zero-order valence-electron chi connectivity index (χ0n) is 30.2. The molecule has 0 fully saturated rings. The molecule has 3 aromatic heterocycles. The van der Waals surface area contributed by atoms with Gasteiger partial charge < -0.3 is 4.74 Å². The van der Waals surface area contributed by atoms with E-state index in [-0.39, 0.29) is 0 Å². The summed E-state index contributed by atoms with van der Waals surface area (Å²) in [5, 5.41) is 2.22. The molecule has 2 aliphatic rings. The highest BCUT2D eigenvalue weighted by atomic mass is 16.5. The molecule has 56 heavy (non-hydrogen) atoms. The van der Waals surface area contributed by atoms with Crippen molar-refractivity contribution in [2.75, 3.05) is 0 Å². The van der Waals surface area contributed by atoms with Gasteiger partial charge in [-0.1, -0.05) is 133 Å². The van der Waals surface area contributed by atoms with Crippen molar-refractivity contribution in [1.82, 2.24) is 19.9 Å². The molecule has 0 saturated carbocycles. The highest BCUT2D eigenvalue weighted by Crippen LogP contribution is 2.59. The molecule has 5 heteroatoms. The van der Waals surface area contributed by atoms with E-state index < -0.39 is 5.41 Å². The first-order valence-electron chi connectivity index (χ1n) is 18.8. The van der Waals surface area contributed by atoms with E-state index in [9.17, 15) is 0 Å². The molecular weight excluding hydrogens is 685 g/mol. The quantitative estimate of drug-likeness (QED) is 0.181. The maximum absolute atomic E-state index is 6.92. The Kier molecular flexibility index (Phi) is 7.32. The van der Waals surface area contributed by atoms with Crippen LogP contribution in [0, 0.1) is 0 Å². The van der Waals surface area contributed by atoms with Crippen LogP contribution < -0.4 is 4.74 Å². The van der Waals surface area contributed by atoms with E-state index in [1.807, 2.05) is 54.9 Å². The van der Waals surface area contributed by atoms with Crippen molar-refractivity contribution >= 4 is 22.9 Å². The van der Waals surface area contributed by atoms with E-state index in [0.29, 0.717) is 5.82 Å². The summed E-state index contributed by atoms with van der Waals surface area (Å²) in [4.78, 5) is 19.5. The fourth-order valence-electron chi connectivity index (χ4n) is 8.54. The molecule has 6 aromatic carbocycles. The number of benzene rings is 6. The van der Waals surface area contributed by atoms with Crippen molar-refractivity contribution in [3.05, 3.63) is 216 Å². The van der Waals surface area contributed by atoms with Gasteiger partial charge in [0.2, 0.25) is 0 Å². The van der Waals surface area contributed by atoms with E-state index in [1.165, 1.54) is 11.1 Å². The lowest BCUT2D eigenvalue weighted by Gasteiger charge is -2.42. The van der Waals surface area contributed by atoms with E-state index in [4.69, 9.17) is 19.7 Å². The van der Waals surface area contributed by atoms with Crippen LogP contribution in [0.5, 0.6) is 11.5 Å². The molecule has 1 atom stereocenters. The second kappa shape index (κ2) is 12.8. The molecule has 0 saturated heterocycles. The summed E-state index contributed by atoms with van der Waals surface area (Å²) < 4.78 is 6.92. The molecule has 1 spiro atoms. The lowest BCUT2D eigenvalue weighted by atomic mass is 9.62. The van der Waals surface area contributed by atoms with Crippen molar-refractivity contribution < 1.29 is 4.74 Å². The molecule has 4 heterocycles. The van der Waals surface area contributed by atoms with Crippen molar-refractivity contribution in [2.24, 2.45) is 0 Å². The normalized spacial score (nSPS) is 14.9. The number of fused-ring (bicyclic) bond motifs is 10. The third-order valence-electron chi connectivity index (χ3n) is 11.1. The van der Waals surface area contributed by atoms with Crippen LogP contribution in [0.4, 0.5) is 0 Å².